The van der Waals surface area contributed by atoms with Crippen molar-refractivity contribution in [3.63, 3.8) is 0 Å². The molecular formula is C14H11BrF2N2O. The lowest BCUT2D eigenvalue weighted by molar-refractivity contribution is 0.0991. The minimum Gasteiger partial charge on any atom is -0.396 e. The molecule has 2 aromatic rings. The van der Waals surface area contributed by atoms with Crippen LogP contribution in [0.3, 0.4) is 0 Å². The number of hydrogen-bond acceptors (Lipinski definition) is 2. The summed E-state index contributed by atoms with van der Waals surface area (Å²) in [7, 11) is 1.44. The van der Waals surface area contributed by atoms with E-state index in [9.17, 15) is 13.6 Å². The molecule has 1 amide bonds. The fourth-order valence-electron chi connectivity index (χ4n) is 1.74. The van der Waals surface area contributed by atoms with E-state index in [1.54, 1.807) is 6.07 Å². The van der Waals surface area contributed by atoms with E-state index in [-0.39, 0.29) is 21.4 Å². The fourth-order valence-corrected chi connectivity index (χ4v) is 2.23. The molecular weight excluding hydrogens is 330 g/mol. The highest BCUT2D eigenvalue weighted by Gasteiger charge is 2.20. The number of rotatable bonds is 2. The number of hydrogen-bond donors (Lipinski definition) is 1. The predicted octanol–water partition coefficient (Wildman–Crippen LogP) is 3.59. The van der Waals surface area contributed by atoms with Crippen LogP contribution >= 0.6 is 15.9 Å². The highest BCUT2D eigenvalue weighted by molar-refractivity contribution is 9.10. The van der Waals surface area contributed by atoms with Crippen LogP contribution in [0.15, 0.2) is 40.9 Å². The van der Waals surface area contributed by atoms with E-state index in [2.05, 4.69) is 15.9 Å². The zero-order valence-electron chi connectivity index (χ0n) is 10.5. The number of nitrogens with two attached hydrogens (primary N) is 1. The maximum atomic E-state index is 13.7. The molecule has 2 N–H and O–H groups in total. The van der Waals surface area contributed by atoms with Crippen LogP contribution in [0.4, 0.5) is 20.2 Å². The Morgan fingerprint density at radius 2 is 1.85 bits per heavy atom. The average Bonchev–Trinajstić information content (AvgIpc) is 2.42. The second-order valence-electron chi connectivity index (χ2n) is 4.17. The van der Waals surface area contributed by atoms with Crippen molar-refractivity contribution in [3.05, 3.63) is 58.1 Å². The summed E-state index contributed by atoms with van der Waals surface area (Å²) in [6, 6.07) is 8.22. The summed E-state index contributed by atoms with van der Waals surface area (Å²) in [4.78, 5) is 13.5. The van der Waals surface area contributed by atoms with Crippen LogP contribution < -0.4 is 10.6 Å². The summed E-state index contributed by atoms with van der Waals surface area (Å²) in [5, 5.41) is 0. The second-order valence-corrected chi connectivity index (χ2v) is 5.02. The quantitative estimate of drug-likeness (QED) is 0.849. The molecule has 0 aromatic heterocycles. The van der Waals surface area contributed by atoms with Crippen molar-refractivity contribution in [1.29, 1.82) is 0 Å². The minimum atomic E-state index is -0.623. The molecule has 0 aliphatic rings. The number of nitrogen functional groups attached to an aromatic ring is 1. The van der Waals surface area contributed by atoms with Gasteiger partial charge in [0, 0.05) is 11.5 Å². The molecule has 0 unspecified atom stereocenters. The number of anilines is 2. The molecule has 0 fully saturated rings. The zero-order chi connectivity index (χ0) is 14.9. The van der Waals surface area contributed by atoms with Crippen LogP contribution in [-0.2, 0) is 0 Å². The second kappa shape index (κ2) is 5.58. The molecule has 0 atom stereocenters. The summed E-state index contributed by atoms with van der Waals surface area (Å²) in [5.41, 5.74) is 5.61. The Labute approximate surface area is 123 Å². The van der Waals surface area contributed by atoms with Gasteiger partial charge < -0.3 is 10.6 Å². The van der Waals surface area contributed by atoms with E-state index < -0.39 is 17.5 Å². The van der Waals surface area contributed by atoms with Gasteiger partial charge in [-0.15, -0.1) is 0 Å². The third-order valence-corrected chi connectivity index (χ3v) is 3.49. The molecule has 0 saturated carbocycles. The van der Waals surface area contributed by atoms with Gasteiger partial charge in [-0.1, -0.05) is 12.1 Å². The minimum absolute atomic E-state index is 0.132. The topological polar surface area (TPSA) is 46.3 Å². The van der Waals surface area contributed by atoms with E-state index in [1.165, 1.54) is 31.3 Å². The largest absolute Gasteiger partial charge is 0.396 e. The van der Waals surface area contributed by atoms with Gasteiger partial charge in [-0.25, -0.2) is 8.78 Å². The summed E-state index contributed by atoms with van der Waals surface area (Å²) < 4.78 is 27.2. The first-order valence-electron chi connectivity index (χ1n) is 5.69. The Hall–Kier alpha value is -1.95. The van der Waals surface area contributed by atoms with Crippen LogP contribution in [-0.4, -0.2) is 13.0 Å². The number of halogens is 3. The molecule has 20 heavy (non-hydrogen) atoms. The summed E-state index contributed by atoms with van der Waals surface area (Å²) in [6.07, 6.45) is 0. The van der Waals surface area contributed by atoms with Gasteiger partial charge in [0.15, 0.2) is 0 Å². The number of para-hydroxylation sites is 1. The smallest absolute Gasteiger partial charge is 0.259 e. The summed E-state index contributed by atoms with van der Waals surface area (Å²) in [6.45, 7) is 0. The Bertz CT molecular complexity index is 676. The van der Waals surface area contributed by atoms with E-state index in [1.807, 2.05) is 0 Å². The van der Waals surface area contributed by atoms with E-state index in [0.717, 1.165) is 11.0 Å². The monoisotopic (exact) mass is 340 g/mol. The van der Waals surface area contributed by atoms with Gasteiger partial charge in [-0.05, 0) is 40.2 Å². The maximum absolute atomic E-state index is 13.7. The van der Waals surface area contributed by atoms with E-state index in [0.29, 0.717) is 0 Å². The lowest BCUT2D eigenvalue weighted by atomic mass is 10.1. The number of carbonyl (C=O) groups excluding carboxylic acids is 1. The highest BCUT2D eigenvalue weighted by Crippen LogP contribution is 2.26. The van der Waals surface area contributed by atoms with Gasteiger partial charge in [0.2, 0.25) is 0 Å². The normalized spacial score (nSPS) is 10.4. The molecule has 0 radical (unpaired) electrons. The lowest BCUT2D eigenvalue weighted by Gasteiger charge is -2.19. The van der Waals surface area contributed by atoms with Gasteiger partial charge >= 0.3 is 0 Å². The Balaban J connectivity index is 2.42. The van der Waals surface area contributed by atoms with Crippen molar-refractivity contribution in [2.75, 3.05) is 17.7 Å². The Kier molecular flexibility index (Phi) is 4.04. The predicted molar refractivity (Wildman–Crippen MR) is 77.6 cm³/mol. The third-order valence-electron chi connectivity index (χ3n) is 2.84. The van der Waals surface area contributed by atoms with Gasteiger partial charge in [0.25, 0.3) is 5.91 Å². The molecule has 2 aromatic carbocycles. The summed E-state index contributed by atoms with van der Waals surface area (Å²) >= 11 is 3.10. The number of amides is 1. The van der Waals surface area contributed by atoms with Crippen LogP contribution in [0.2, 0.25) is 0 Å². The van der Waals surface area contributed by atoms with E-state index >= 15 is 0 Å². The molecule has 3 nitrogen and oxygen atoms in total. The molecule has 0 aliphatic carbocycles. The molecule has 0 saturated heterocycles. The molecule has 6 heteroatoms. The first-order chi connectivity index (χ1) is 9.41. The molecule has 0 bridgehead atoms. The lowest BCUT2D eigenvalue weighted by Crippen LogP contribution is -2.27. The molecule has 2 rings (SSSR count). The SMILES string of the molecule is CN(C(=O)c1cc(N)c(F)cc1Br)c1ccccc1F. The van der Waals surface area contributed by atoms with Gasteiger partial charge in [-0.2, -0.15) is 0 Å². The first-order valence-corrected chi connectivity index (χ1v) is 6.48. The highest BCUT2D eigenvalue weighted by atomic mass is 79.9. The number of carbonyl (C=O) groups is 1. The average molecular weight is 341 g/mol. The van der Waals surface area contributed by atoms with E-state index in [4.69, 9.17) is 5.73 Å². The standard InChI is InChI=1S/C14H11BrF2N2O/c1-19(13-5-3-2-4-10(13)16)14(20)8-6-12(18)11(17)7-9(8)15/h2-7H,18H2,1H3. The summed E-state index contributed by atoms with van der Waals surface area (Å²) in [5.74, 6) is -1.63. The van der Waals surface area contributed by atoms with Gasteiger partial charge in [0.05, 0.1) is 16.9 Å². The van der Waals surface area contributed by atoms with Crippen molar-refractivity contribution < 1.29 is 13.6 Å². The van der Waals surface area contributed by atoms with Crippen molar-refractivity contribution in [3.8, 4) is 0 Å². The Morgan fingerprint density at radius 3 is 2.50 bits per heavy atom. The van der Waals surface area contributed by atoms with Gasteiger partial charge in [-0.3, -0.25) is 4.79 Å². The molecule has 0 spiro atoms. The van der Waals surface area contributed by atoms with Crippen molar-refractivity contribution >= 4 is 33.2 Å². The van der Waals surface area contributed by atoms with Crippen LogP contribution in [0.1, 0.15) is 10.4 Å². The first kappa shape index (κ1) is 14.5. The van der Waals surface area contributed by atoms with Crippen LogP contribution in [0.5, 0.6) is 0 Å². The number of nitrogens with zero attached hydrogens (tertiary/aromatic N) is 1. The van der Waals surface area contributed by atoms with Crippen molar-refractivity contribution in [2.24, 2.45) is 0 Å². The van der Waals surface area contributed by atoms with Crippen LogP contribution in [0.25, 0.3) is 0 Å². The zero-order valence-corrected chi connectivity index (χ0v) is 12.1. The van der Waals surface area contributed by atoms with Crippen molar-refractivity contribution in [1.82, 2.24) is 0 Å². The molecule has 104 valence electrons. The number of benzene rings is 2. The third kappa shape index (κ3) is 2.65. The maximum Gasteiger partial charge on any atom is 0.259 e. The Morgan fingerprint density at radius 1 is 1.20 bits per heavy atom. The fraction of sp³-hybridized carbons (Fsp3) is 0.0714. The van der Waals surface area contributed by atoms with Gasteiger partial charge in [0.1, 0.15) is 11.6 Å². The van der Waals surface area contributed by atoms with Crippen molar-refractivity contribution in [2.45, 2.75) is 0 Å². The molecule has 0 heterocycles. The molecule has 0 aliphatic heterocycles. The van der Waals surface area contributed by atoms with Crippen LogP contribution in [0, 0.1) is 11.6 Å².